The normalized spacial score (nSPS) is 22.7. The molecule has 1 amide bonds. The van der Waals surface area contributed by atoms with Crippen molar-refractivity contribution < 1.29 is 65.4 Å². The molecule has 39 heavy (non-hydrogen) atoms. The topological polar surface area (TPSA) is 273 Å². The zero-order valence-corrected chi connectivity index (χ0v) is 21.9. The quantitative estimate of drug-likeness (QED) is 0.158. The van der Waals surface area contributed by atoms with Gasteiger partial charge in [-0.05, 0) is 17.7 Å². The highest BCUT2D eigenvalue weighted by molar-refractivity contribution is 7.66. The predicted octanol–water partition coefficient (Wildman–Crippen LogP) is -0.403. The van der Waals surface area contributed by atoms with Gasteiger partial charge in [-0.3, -0.25) is 23.7 Å². The van der Waals surface area contributed by atoms with Crippen LogP contribution >= 0.6 is 23.5 Å². The molecule has 7 N–H and O–H groups in total. The Morgan fingerprint density at radius 3 is 2.36 bits per heavy atom. The number of aliphatic hydroxyl groups is 1. The van der Waals surface area contributed by atoms with Gasteiger partial charge in [0.05, 0.1) is 12.7 Å². The summed E-state index contributed by atoms with van der Waals surface area (Å²) in [4.78, 5) is 74.7. The van der Waals surface area contributed by atoms with Crippen LogP contribution in [0, 0.1) is 5.82 Å². The Kier molecular flexibility index (Phi) is 9.60. The number of nitrogens with zero attached hydrogens (tertiary/aromatic N) is 1. The first-order valence-electron chi connectivity index (χ1n) is 10.4. The molecule has 0 bridgehead atoms. The summed E-state index contributed by atoms with van der Waals surface area (Å²) in [6.45, 7) is -1.08. The average Bonchev–Trinajstić information content (AvgIpc) is 3.15. The number of carbonyl (C=O) groups is 1. The SMILES string of the molecule is O=C(NCc1ccc(F)cc1)c1cn([C@H]2C[C@H](O)[C@@H](COP(=O)(O)OP(=O)(O)OP(=O)(O)O)O2)c(=O)[nH]c1=O. The van der Waals surface area contributed by atoms with Crippen LogP contribution in [0.4, 0.5) is 4.39 Å². The third-order valence-electron chi connectivity index (χ3n) is 4.91. The number of ether oxygens (including phenoxy) is 1. The number of amides is 1. The smallest absolute Gasteiger partial charge is 0.390 e. The molecule has 1 aliphatic rings. The first-order valence-corrected chi connectivity index (χ1v) is 15.0. The minimum atomic E-state index is -5.76. The summed E-state index contributed by atoms with van der Waals surface area (Å²) in [5, 5.41) is 12.6. The van der Waals surface area contributed by atoms with Crippen molar-refractivity contribution in [2.75, 3.05) is 6.61 Å². The molecule has 1 aromatic carbocycles. The second kappa shape index (κ2) is 12.0. The van der Waals surface area contributed by atoms with Crippen molar-refractivity contribution in [1.82, 2.24) is 14.9 Å². The van der Waals surface area contributed by atoms with E-state index in [1.165, 1.54) is 12.1 Å². The number of phosphoric acid groups is 3. The number of hydrogen-bond acceptors (Lipinski definition) is 11. The lowest BCUT2D eigenvalue weighted by atomic mass is 10.2. The van der Waals surface area contributed by atoms with Gasteiger partial charge in [-0.25, -0.2) is 22.9 Å². The second-order valence-electron chi connectivity index (χ2n) is 7.84. The molecule has 1 aliphatic heterocycles. The monoisotopic (exact) mass is 619 g/mol. The minimum Gasteiger partial charge on any atom is -0.390 e. The van der Waals surface area contributed by atoms with Crippen LogP contribution in [0.5, 0.6) is 0 Å². The van der Waals surface area contributed by atoms with E-state index < -0.39 is 77.0 Å². The summed E-state index contributed by atoms with van der Waals surface area (Å²) in [6, 6.07) is 5.13. The number of carbonyl (C=O) groups excluding carboxylic acids is 1. The summed E-state index contributed by atoms with van der Waals surface area (Å²) in [6.07, 6.45) is -3.77. The third-order valence-corrected chi connectivity index (χ3v) is 8.71. The number of phosphoric ester groups is 1. The van der Waals surface area contributed by atoms with Crippen LogP contribution in [0.25, 0.3) is 0 Å². The second-order valence-corrected chi connectivity index (χ2v) is 12.3. The number of benzene rings is 1. The highest BCUT2D eigenvalue weighted by atomic mass is 31.3. The van der Waals surface area contributed by atoms with Gasteiger partial charge < -0.3 is 34.7 Å². The van der Waals surface area contributed by atoms with E-state index >= 15 is 0 Å². The van der Waals surface area contributed by atoms with Crippen molar-refractivity contribution in [3.63, 3.8) is 0 Å². The van der Waals surface area contributed by atoms with E-state index in [0.717, 1.165) is 22.9 Å². The van der Waals surface area contributed by atoms with Crippen molar-refractivity contribution in [2.24, 2.45) is 0 Å². The number of nitrogens with one attached hydrogen (secondary N) is 2. The van der Waals surface area contributed by atoms with Crippen molar-refractivity contribution in [1.29, 1.82) is 0 Å². The third kappa shape index (κ3) is 9.08. The Labute approximate surface area is 216 Å². The average molecular weight is 619 g/mol. The predicted molar refractivity (Wildman–Crippen MR) is 123 cm³/mol. The summed E-state index contributed by atoms with van der Waals surface area (Å²) in [7, 11) is -16.9. The molecule has 0 saturated carbocycles. The Bertz CT molecular complexity index is 1470. The van der Waals surface area contributed by atoms with Crippen LogP contribution in [0.3, 0.4) is 0 Å². The Morgan fingerprint density at radius 1 is 1.10 bits per heavy atom. The van der Waals surface area contributed by atoms with Gasteiger partial charge in [-0.1, -0.05) is 12.1 Å². The zero-order chi connectivity index (χ0) is 29.2. The van der Waals surface area contributed by atoms with Gasteiger partial charge in [0.2, 0.25) is 0 Å². The molecule has 2 aromatic rings. The molecule has 2 heterocycles. The molecule has 2 unspecified atom stereocenters. The zero-order valence-electron chi connectivity index (χ0n) is 19.2. The van der Waals surface area contributed by atoms with Gasteiger partial charge >= 0.3 is 29.2 Å². The molecule has 22 heteroatoms. The number of rotatable bonds is 11. The van der Waals surface area contributed by atoms with Crippen LogP contribution in [-0.4, -0.2) is 59.0 Å². The van der Waals surface area contributed by atoms with Crippen LogP contribution in [0.15, 0.2) is 40.1 Å². The van der Waals surface area contributed by atoms with E-state index in [4.69, 9.17) is 19.4 Å². The Balaban J connectivity index is 1.67. The highest BCUT2D eigenvalue weighted by Crippen LogP contribution is 2.66. The van der Waals surface area contributed by atoms with Crippen molar-refractivity contribution in [3.05, 3.63) is 68.2 Å². The van der Waals surface area contributed by atoms with Crippen LogP contribution in [-0.2, 0) is 38.1 Å². The maximum atomic E-state index is 13.0. The van der Waals surface area contributed by atoms with Gasteiger partial charge in [0.1, 0.15) is 23.7 Å². The molecule has 1 aromatic heterocycles. The largest absolute Gasteiger partial charge is 0.490 e. The molecule has 0 aliphatic carbocycles. The summed E-state index contributed by atoms with van der Waals surface area (Å²) >= 11 is 0. The fourth-order valence-corrected chi connectivity index (χ4v) is 6.28. The lowest BCUT2D eigenvalue weighted by Crippen LogP contribution is -2.38. The fraction of sp³-hybridized carbons (Fsp3) is 0.353. The summed E-state index contributed by atoms with van der Waals surface area (Å²) in [5.74, 6) is -1.40. The van der Waals surface area contributed by atoms with Crippen molar-refractivity contribution in [3.8, 4) is 0 Å². The van der Waals surface area contributed by atoms with Crippen LogP contribution < -0.4 is 16.6 Å². The molecule has 216 valence electrons. The van der Waals surface area contributed by atoms with Gasteiger partial charge in [0.25, 0.3) is 11.5 Å². The Hall–Kier alpha value is -2.37. The summed E-state index contributed by atoms with van der Waals surface area (Å²) in [5.41, 5.74) is -2.10. The van der Waals surface area contributed by atoms with Crippen LogP contribution in [0.1, 0.15) is 28.6 Å². The summed E-state index contributed by atoms with van der Waals surface area (Å²) < 4.78 is 64.7. The fourth-order valence-electron chi connectivity index (χ4n) is 3.25. The van der Waals surface area contributed by atoms with E-state index in [9.17, 15) is 42.5 Å². The molecule has 5 atom stereocenters. The maximum absolute atomic E-state index is 13.0. The van der Waals surface area contributed by atoms with E-state index in [2.05, 4.69) is 18.5 Å². The first-order chi connectivity index (χ1) is 17.9. The molecule has 0 radical (unpaired) electrons. The molecular weight excluding hydrogens is 598 g/mol. The lowest BCUT2D eigenvalue weighted by molar-refractivity contribution is -0.0450. The molecule has 3 rings (SSSR count). The molecular formula is C17H21FN3O15P3. The van der Waals surface area contributed by atoms with Crippen LogP contribution in [0.2, 0.25) is 0 Å². The molecule has 0 spiro atoms. The van der Waals surface area contributed by atoms with E-state index in [-0.39, 0.29) is 13.0 Å². The first kappa shape index (κ1) is 31.2. The van der Waals surface area contributed by atoms with E-state index in [0.29, 0.717) is 5.56 Å². The number of aromatic amines is 1. The van der Waals surface area contributed by atoms with Gasteiger partial charge in [0, 0.05) is 19.2 Å². The van der Waals surface area contributed by atoms with Crippen molar-refractivity contribution in [2.45, 2.75) is 31.4 Å². The Morgan fingerprint density at radius 2 is 1.74 bits per heavy atom. The van der Waals surface area contributed by atoms with Gasteiger partial charge in [0.15, 0.2) is 0 Å². The van der Waals surface area contributed by atoms with E-state index in [1.54, 1.807) is 0 Å². The standard InChI is InChI=1S/C17H21FN3O15P3/c18-10-3-1-9(2-4-10)6-19-15(23)11-7-21(17(25)20-16(11)24)14-5-12(22)13(34-14)8-33-38(29,30)36-39(31,32)35-37(26,27)28/h1-4,7,12-14,22H,5-6,8H2,(H,19,23)(H,29,30)(H,31,32)(H,20,24,25)(H2,26,27,28)/t12-,13+,14+/m0/s1. The minimum absolute atomic E-state index is 0.0843. The number of halogens is 1. The number of aliphatic hydroxyl groups excluding tert-OH is 1. The van der Waals surface area contributed by atoms with Crippen molar-refractivity contribution >= 4 is 29.4 Å². The number of aromatic nitrogens is 2. The molecule has 1 saturated heterocycles. The highest BCUT2D eigenvalue weighted by Gasteiger charge is 2.43. The maximum Gasteiger partial charge on any atom is 0.490 e. The van der Waals surface area contributed by atoms with Gasteiger partial charge in [-0.15, -0.1) is 0 Å². The molecule has 1 fully saturated rings. The van der Waals surface area contributed by atoms with E-state index in [1.807, 2.05) is 4.98 Å². The number of H-pyrrole nitrogens is 1. The molecule has 18 nitrogen and oxygen atoms in total. The number of hydrogen-bond donors (Lipinski definition) is 7. The lowest BCUT2D eigenvalue weighted by Gasteiger charge is -2.19. The van der Waals surface area contributed by atoms with Gasteiger partial charge in [-0.2, -0.15) is 8.62 Å².